The van der Waals surface area contributed by atoms with Gasteiger partial charge in [-0.05, 0) is 25.0 Å². The van der Waals surface area contributed by atoms with Crippen LogP contribution in [0.5, 0.6) is 0 Å². The molecule has 1 aliphatic carbocycles. The zero-order valence-corrected chi connectivity index (χ0v) is 12.1. The Morgan fingerprint density at radius 2 is 1.95 bits per heavy atom. The van der Waals surface area contributed by atoms with Gasteiger partial charge in [0.1, 0.15) is 10.7 Å². The molecule has 0 saturated heterocycles. The molecule has 0 radical (unpaired) electrons. The van der Waals surface area contributed by atoms with Crippen molar-refractivity contribution in [1.29, 1.82) is 0 Å². The molecule has 106 valence electrons. The fourth-order valence-corrected chi connectivity index (χ4v) is 4.30. The van der Waals surface area contributed by atoms with Gasteiger partial charge in [0.2, 0.25) is 10.0 Å². The molecule has 4 nitrogen and oxygen atoms in total. The van der Waals surface area contributed by atoms with E-state index in [1.54, 1.807) is 0 Å². The van der Waals surface area contributed by atoms with Gasteiger partial charge in [-0.2, -0.15) is 4.31 Å². The van der Waals surface area contributed by atoms with Gasteiger partial charge in [-0.15, -0.1) is 0 Å². The Hall–Kier alpha value is -0.850. The van der Waals surface area contributed by atoms with Crippen LogP contribution in [0.15, 0.2) is 17.0 Å². The number of sulfonamides is 1. The first-order chi connectivity index (χ1) is 8.84. The largest absolute Gasteiger partial charge is 0.396 e. The molecule has 2 rings (SSSR count). The number of benzene rings is 1. The van der Waals surface area contributed by atoms with Crippen molar-refractivity contribution in [3.05, 3.63) is 23.0 Å². The number of rotatable bonds is 3. The number of nitrogen functional groups attached to an aromatic ring is 1. The maximum atomic E-state index is 13.2. The summed E-state index contributed by atoms with van der Waals surface area (Å²) in [4.78, 5) is -0.137. The molecule has 19 heavy (non-hydrogen) atoms. The highest BCUT2D eigenvalue weighted by Gasteiger charge is 2.31. The molecule has 0 spiro atoms. The van der Waals surface area contributed by atoms with Crippen molar-refractivity contribution >= 4 is 27.3 Å². The number of nitrogens with zero attached hydrogens (tertiary/aromatic N) is 1. The van der Waals surface area contributed by atoms with Crippen LogP contribution < -0.4 is 5.73 Å². The highest BCUT2D eigenvalue weighted by molar-refractivity contribution is 7.89. The molecule has 0 unspecified atom stereocenters. The normalized spacial score (nSPS) is 17.3. The monoisotopic (exact) mass is 306 g/mol. The average Bonchev–Trinajstić information content (AvgIpc) is 2.86. The SMILES string of the molecule is CN(C1CCCC1)S(=O)(=O)c1cc(N)c(F)cc1Cl. The fraction of sp³-hybridized carbons (Fsp3) is 0.500. The van der Waals surface area contributed by atoms with Crippen LogP contribution >= 0.6 is 11.6 Å². The minimum atomic E-state index is -3.74. The van der Waals surface area contributed by atoms with Crippen LogP contribution in [0.4, 0.5) is 10.1 Å². The van der Waals surface area contributed by atoms with Gasteiger partial charge in [0, 0.05) is 13.1 Å². The summed E-state index contributed by atoms with van der Waals surface area (Å²) in [5.74, 6) is -0.715. The number of halogens is 2. The third kappa shape index (κ3) is 2.70. The maximum Gasteiger partial charge on any atom is 0.244 e. The number of hydrogen-bond acceptors (Lipinski definition) is 3. The van der Waals surface area contributed by atoms with Crippen molar-refractivity contribution in [3.63, 3.8) is 0 Å². The fourth-order valence-electron chi connectivity index (χ4n) is 2.36. The summed E-state index contributed by atoms with van der Waals surface area (Å²) in [6.45, 7) is 0. The Bertz CT molecular complexity index is 586. The van der Waals surface area contributed by atoms with E-state index >= 15 is 0 Å². The van der Waals surface area contributed by atoms with E-state index in [1.165, 1.54) is 11.4 Å². The van der Waals surface area contributed by atoms with E-state index in [0.717, 1.165) is 37.8 Å². The zero-order valence-electron chi connectivity index (χ0n) is 10.6. The second kappa shape index (κ2) is 5.26. The number of anilines is 1. The van der Waals surface area contributed by atoms with Crippen LogP contribution in [0, 0.1) is 5.82 Å². The van der Waals surface area contributed by atoms with E-state index in [-0.39, 0.29) is 21.6 Å². The van der Waals surface area contributed by atoms with Crippen LogP contribution in [0.1, 0.15) is 25.7 Å². The van der Waals surface area contributed by atoms with Crippen molar-refractivity contribution in [2.45, 2.75) is 36.6 Å². The smallest absolute Gasteiger partial charge is 0.244 e. The van der Waals surface area contributed by atoms with Crippen molar-refractivity contribution < 1.29 is 12.8 Å². The number of nitrogens with two attached hydrogens (primary N) is 1. The molecule has 1 saturated carbocycles. The lowest BCUT2D eigenvalue weighted by Gasteiger charge is -2.24. The van der Waals surface area contributed by atoms with Crippen molar-refractivity contribution in [3.8, 4) is 0 Å². The molecule has 0 heterocycles. The molecule has 1 fully saturated rings. The van der Waals surface area contributed by atoms with E-state index in [4.69, 9.17) is 17.3 Å². The van der Waals surface area contributed by atoms with E-state index in [0.29, 0.717) is 0 Å². The summed E-state index contributed by atoms with van der Waals surface area (Å²) in [6.07, 6.45) is 3.71. The first-order valence-electron chi connectivity index (χ1n) is 6.06. The van der Waals surface area contributed by atoms with Gasteiger partial charge in [-0.1, -0.05) is 24.4 Å². The van der Waals surface area contributed by atoms with Gasteiger partial charge in [0.15, 0.2) is 0 Å². The van der Waals surface area contributed by atoms with Gasteiger partial charge in [0.05, 0.1) is 10.7 Å². The second-order valence-electron chi connectivity index (χ2n) is 4.76. The molecular formula is C12H16ClFN2O2S. The minimum absolute atomic E-state index is 0.0210. The van der Waals surface area contributed by atoms with Gasteiger partial charge >= 0.3 is 0 Å². The van der Waals surface area contributed by atoms with E-state index < -0.39 is 15.8 Å². The average molecular weight is 307 g/mol. The summed E-state index contributed by atoms with van der Waals surface area (Å²) < 4.78 is 39.5. The standard InChI is InChI=1S/C12H16ClFN2O2S/c1-16(8-4-2-3-5-8)19(17,18)12-7-11(15)10(14)6-9(12)13/h6-8H,2-5,15H2,1H3. The summed E-state index contributed by atoms with van der Waals surface area (Å²) in [7, 11) is -2.21. The summed E-state index contributed by atoms with van der Waals surface area (Å²) >= 11 is 5.84. The van der Waals surface area contributed by atoms with Gasteiger partial charge in [0.25, 0.3) is 0 Å². The van der Waals surface area contributed by atoms with Gasteiger partial charge < -0.3 is 5.73 Å². The Morgan fingerprint density at radius 1 is 1.37 bits per heavy atom. The molecule has 1 aromatic rings. The van der Waals surface area contributed by atoms with E-state index in [9.17, 15) is 12.8 Å². The lowest BCUT2D eigenvalue weighted by molar-refractivity contribution is 0.373. The van der Waals surface area contributed by atoms with E-state index in [2.05, 4.69) is 0 Å². The third-order valence-electron chi connectivity index (χ3n) is 3.55. The topological polar surface area (TPSA) is 63.4 Å². The zero-order chi connectivity index (χ0) is 14.2. The van der Waals surface area contributed by atoms with Crippen LogP contribution in [0.2, 0.25) is 5.02 Å². The summed E-state index contributed by atoms with van der Waals surface area (Å²) in [6, 6.07) is 2.00. The Kier molecular flexibility index (Phi) is 4.03. The van der Waals surface area contributed by atoms with Crippen LogP contribution in [-0.2, 0) is 10.0 Å². The molecule has 0 aromatic heterocycles. The molecule has 0 aliphatic heterocycles. The Balaban J connectivity index is 2.41. The summed E-state index contributed by atoms with van der Waals surface area (Å²) in [5, 5.41) is -0.142. The van der Waals surface area contributed by atoms with E-state index in [1.807, 2.05) is 0 Å². The predicted molar refractivity (Wildman–Crippen MR) is 73.0 cm³/mol. The van der Waals surface area contributed by atoms with Gasteiger partial charge in [-0.3, -0.25) is 0 Å². The highest BCUT2D eigenvalue weighted by atomic mass is 35.5. The van der Waals surface area contributed by atoms with Crippen molar-refractivity contribution in [1.82, 2.24) is 4.31 Å². The molecule has 1 aliphatic rings. The van der Waals surface area contributed by atoms with Crippen molar-refractivity contribution in [2.24, 2.45) is 0 Å². The lowest BCUT2D eigenvalue weighted by atomic mass is 10.3. The number of hydrogen-bond donors (Lipinski definition) is 1. The molecular weight excluding hydrogens is 291 g/mol. The predicted octanol–water partition coefficient (Wildman–Crippen LogP) is 2.62. The Morgan fingerprint density at radius 3 is 2.53 bits per heavy atom. The lowest BCUT2D eigenvalue weighted by Crippen LogP contribution is -2.35. The molecule has 2 N–H and O–H groups in total. The highest BCUT2D eigenvalue weighted by Crippen LogP contribution is 2.32. The third-order valence-corrected chi connectivity index (χ3v) is 5.92. The maximum absolute atomic E-state index is 13.2. The molecule has 1 aromatic carbocycles. The van der Waals surface area contributed by atoms with Crippen LogP contribution in [-0.4, -0.2) is 25.8 Å². The Labute approximate surface area is 117 Å². The van der Waals surface area contributed by atoms with Crippen molar-refractivity contribution in [2.75, 3.05) is 12.8 Å². The summed E-state index contributed by atoms with van der Waals surface area (Å²) in [5.41, 5.74) is 5.20. The first kappa shape index (κ1) is 14.6. The second-order valence-corrected chi connectivity index (χ2v) is 7.14. The molecule has 0 bridgehead atoms. The molecule has 0 amide bonds. The van der Waals surface area contributed by atoms with Crippen LogP contribution in [0.25, 0.3) is 0 Å². The molecule has 0 atom stereocenters. The van der Waals surface area contributed by atoms with Gasteiger partial charge in [-0.25, -0.2) is 12.8 Å². The van der Waals surface area contributed by atoms with Crippen LogP contribution in [0.3, 0.4) is 0 Å². The first-order valence-corrected chi connectivity index (χ1v) is 7.88. The quantitative estimate of drug-likeness (QED) is 0.873. The minimum Gasteiger partial charge on any atom is -0.396 e. The molecule has 7 heteroatoms.